The summed E-state index contributed by atoms with van der Waals surface area (Å²) in [6, 6.07) is 4.20. The number of aliphatic hydroxyl groups is 1. The third kappa shape index (κ3) is 5.31. The fraction of sp³-hybridized carbons (Fsp3) is 0.526. The summed E-state index contributed by atoms with van der Waals surface area (Å²) < 4.78 is 39.2. The third-order valence-corrected chi connectivity index (χ3v) is 4.90. The highest BCUT2D eigenvalue weighted by molar-refractivity contribution is 5.91. The van der Waals surface area contributed by atoms with Crippen LogP contribution >= 0.6 is 0 Å². The molecule has 0 aliphatic carbocycles. The number of para-hydroxylation sites is 1. The molecule has 0 atom stereocenters. The molecule has 1 aromatic carbocycles. The van der Waals surface area contributed by atoms with Gasteiger partial charge in [-0.2, -0.15) is 13.2 Å². The molecule has 1 saturated heterocycles. The van der Waals surface area contributed by atoms with Crippen LogP contribution in [-0.4, -0.2) is 80.1 Å². The van der Waals surface area contributed by atoms with Crippen LogP contribution in [0.4, 0.5) is 18.9 Å². The summed E-state index contributed by atoms with van der Waals surface area (Å²) in [6.07, 6.45) is -0.852. The van der Waals surface area contributed by atoms with Gasteiger partial charge in [0, 0.05) is 52.0 Å². The minimum atomic E-state index is -4.36. The van der Waals surface area contributed by atoms with Crippen molar-refractivity contribution in [1.82, 2.24) is 9.80 Å². The largest absolute Gasteiger partial charge is 0.418 e. The van der Waals surface area contributed by atoms with Crippen molar-refractivity contribution in [2.24, 2.45) is 4.99 Å². The highest BCUT2D eigenvalue weighted by Crippen LogP contribution is 2.38. The Hall–Kier alpha value is -1.90. The molecule has 0 unspecified atom stereocenters. The summed E-state index contributed by atoms with van der Waals surface area (Å²) in [6.45, 7) is 6.62. The molecule has 27 heavy (non-hydrogen) atoms. The van der Waals surface area contributed by atoms with Gasteiger partial charge in [0.2, 0.25) is 0 Å². The van der Waals surface area contributed by atoms with Crippen molar-refractivity contribution in [1.29, 1.82) is 0 Å². The van der Waals surface area contributed by atoms with Gasteiger partial charge in [-0.05, 0) is 23.3 Å². The van der Waals surface area contributed by atoms with E-state index in [1.165, 1.54) is 6.07 Å². The van der Waals surface area contributed by atoms with Crippen LogP contribution in [0.3, 0.4) is 0 Å². The van der Waals surface area contributed by atoms with Crippen molar-refractivity contribution < 1.29 is 18.3 Å². The number of hydrogen-bond acceptors (Lipinski definition) is 5. The van der Waals surface area contributed by atoms with Gasteiger partial charge < -0.3 is 10.4 Å². The highest BCUT2D eigenvalue weighted by atomic mass is 19.4. The van der Waals surface area contributed by atoms with Crippen LogP contribution in [0.15, 0.2) is 28.8 Å². The van der Waals surface area contributed by atoms with Gasteiger partial charge in [-0.15, -0.1) is 0 Å². The molecular formula is C19H25F3N4O. The van der Waals surface area contributed by atoms with Gasteiger partial charge in [0.05, 0.1) is 24.4 Å². The molecule has 3 rings (SSSR count). The van der Waals surface area contributed by atoms with E-state index in [0.29, 0.717) is 18.7 Å². The summed E-state index contributed by atoms with van der Waals surface area (Å²) in [5, 5.41) is 11.8. The molecule has 0 saturated carbocycles. The second kappa shape index (κ2) is 8.86. The Bertz CT molecular complexity index is 695. The van der Waals surface area contributed by atoms with E-state index in [-0.39, 0.29) is 12.3 Å². The van der Waals surface area contributed by atoms with Crippen molar-refractivity contribution in [3.05, 3.63) is 34.9 Å². The Morgan fingerprint density at radius 1 is 1.11 bits per heavy atom. The number of piperazine rings is 1. The number of β-amino-alcohol motifs (C(OH)–C–C–N with tert-alkyl or cyclic N) is 1. The first-order valence-corrected chi connectivity index (χ1v) is 9.17. The van der Waals surface area contributed by atoms with Gasteiger partial charge in [-0.1, -0.05) is 12.1 Å². The summed E-state index contributed by atoms with van der Waals surface area (Å²) in [5.74, 6) is 0. The van der Waals surface area contributed by atoms with Crippen LogP contribution in [0.5, 0.6) is 0 Å². The average molecular weight is 382 g/mol. The number of benzene rings is 1. The van der Waals surface area contributed by atoms with E-state index in [1.807, 2.05) is 0 Å². The van der Waals surface area contributed by atoms with E-state index in [2.05, 4.69) is 20.1 Å². The normalized spacial score (nSPS) is 19.0. The Morgan fingerprint density at radius 2 is 1.81 bits per heavy atom. The molecule has 2 aliphatic heterocycles. The SMILES string of the molecule is OCCN1CCN(CCN=CC2=Cc3cccc(C(F)(F)F)c3NC2)CC1. The lowest BCUT2D eigenvalue weighted by Crippen LogP contribution is -2.47. The molecule has 0 radical (unpaired) electrons. The Kier molecular flexibility index (Phi) is 6.51. The second-order valence-corrected chi connectivity index (χ2v) is 6.78. The smallest absolute Gasteiger partial charge is 0.395 e. The van der Waals surface area contributed by atoms with E-state index < -0.39 is 11.7 Å². The molecule has 0 bridgehead atoms. The van der Waals surface area contributed by atoms with Gasteiger partial charge >= 0.3 is 6.18 Å². The zero-order valence-corrected chi connectivity index (χ0v) is 15.2. The van der Waals surface area contributed by atoms with Crippen LogP contribution < -0.4 is 5.32 Å². The van der Waals surface area contributed by atoms with Gasteiger partial charge in [0.15, 0.2) is 0 Å². The molecule has 0 spiro atoms. The Balaban J connectivity index is 1.52. The molecule has 5 nitrogen and oxygen atoms in total. The second-order valence-electron chi connectivity index (χ2n) is 6.78. The number of anilines is 1. The summed E-state index contributed by atoms with van der Waals surface area (Å²) in [5.41, 5.74) is 0.919. The minimum absolute atomic E-state index is 0.142. The highest BCUT2D eigenvalue weighted by Gasteiger charge is 2.34. The van der Waals surface area contributed by atoms with E-state index in [9.17, 15) is 13.2 Å². The number of nitrogens with zero attached hydrogens (tertiary/aromatic N) is 3. The van der Waals surface area contributed by atoms with Crippen molar-refractivity contribution in [2.45, 2.75) is 6.18 Å². The maximum absolute atomic E-state index is 13.1. The van der Waals surface area contributed by atoms with Crippen LogP contribution in [-0.2, 0) is 6.18 Å². The quantitative estimate of drug-likeness (QED) is 0.741. The monoisotopic (exact) mass is 382 g/mol. The zero-order chi connectivity index (χ0) is 19.3. The molecule has 0 aromatic heterocycles. The zero-order valence-electron chi connectivity index (χ0n) is 15.2. The topological polar surface area (TPSA) is 51.1 Å². The maximum atomic E-state index is 13.1. The molecule has 2 aliphatic rings. The van der Waals surface area contributed by atoms with Gasteiger partial charge in [0.1, 0.15) is 0 Å². The molecule has 1 fully saturated rings. The number of nitrogens with one attached hydrogen (secondary N) is 1. The Morgan fingerprint density at radius 3 is 2.48 bits per heavy atom. The number of fused-ring (bicyclic) bond motifs is 1. The van der Waals surface area contributed by atoms with Crippen LogP contribution in [0.25, 0.3) is 6.08 Å². The molecule has 0 amide bonds. The molecule has 2 heterocycles. The van der Waals surface area contributed by atoms with Gasteiger partial charge in [0.25, 0.3) is 0 Å². The fourth-order valence-electron chi connectivity index (χ4n) is 3.41. The summed E-state index contributed by atoms with van der Waals surface area (Å²) in [4.78, 5) is 9.02. The van der Waals surface area contributed by atoms with E-state index in [0.717, 1.165) is 50.9 Å². The predicted molar refractivity (Wildman–Crippen MR) is 101 cm³/mol. The molecule has 8 heteroatoms. The van der Waals surface area contributed by atoms with E-state index >= 15 is 0 Å². The average Bonchev–Trinajstić information content (AvgIpc) is 2.65. The van der Waals surface area contributed by atoms with Crippen molar-refractivity contribution >= 4 is 18.0 Å². The minimum Gasteiger partial charge on any atom is -0.395 e. The van der Waals surface area contributed by atoms with Crippen molar-refractivity contribution in [3.8, 4) is 0 Å². The number of aliphatic hydroxyl groups excluding tert-OH is 1. The van der Waals surface area contributed by atoms with Crippen molar-refractivity contribution in [3.63, 3.8) is 0 Å². The number of aliphatic imine (C=N–C) groups is 1. The first-order chi connectivity index (χ1) is 13.0. The van der Waals surface area contributed by atoms with E-state index in [1.54, 1.807) is 18.4 Å². The standard InChI is InChI=1S/C19H25F3N4O/c20-19(21,22)17-3-1-2-16-12-15(14-24-18(16)17)13-23-4-5-25-6-8-26(9-7-25)10-11-27/h1-3,12-13,24,27H,4-11,14H2. The fourth-order valence-corrected chi connectivity index (χ4v) is 3.41. The summed E-state index contributed by atoms with van der Waals surface area (Å²) >= 11 is 0. The van der Waals surface area contributed by atoms with Crippen molar-refractivity contribution in [2.75, 3.05) is 64.3 Å². The molecule has 1 aromatic rings. The van der Waals surface area contributed by atoms with Gasteiger partial charge in [-0.3, -0.25) is 14.8 Å². The number of hydrogen-bond donors (Lipinski definition) is 2. The summed E-state index contributed by atoms with van der Waals surface area (Å²) in [7, 11) is 0. The number of rotatable bonds is 6. The molecular weight excluding hydrogens is 357 g/mol. The van der Waals surface area contributed by atoms with Gasteiger partial charge in [-0.25, -0.2) is 0 Å². The van der Waals surface area contributed by atoms with Crippen LogP contribution in [0.1, 0.15) is 11.1 Å². The lowest BCUT2D eigenvalue weighted by atomic mass is 10.0. The maximum Gasteiger partial charge on any atom is 0.418 e. The number of halogens is 3. The molecule has 2 N–H and O–H groups in total. The first kappa shape index (κ1) is 19.9. The number of alkyl halides is 3. The predicted octanol–water partition coefficient (Wildman–Crippen LogP) is 2.19. The third-order valence-electron chi connectivity index (χ3n) is 4.90. The van der Waals surface area contributed by atoms with Crippen LogP contribution in [0, 0.1) is 0 Å². The van der Waals surface area contributed by atoms with Crippen LogP contribution in [0.2, 0.25) is 0 Å². The lowest BCUT2D eigenvalue weighted by molar-refractivity contribution is -0.137. The van der Waals surface area contributed by atoms with E-state index in [4.69, 9.17) is 5.11 Å². The molecule has 148 valence electrons. The lowest BCUT2D eigenvalue weighted by Gasteiger charge is -2.33. The Labute approximate surface area is 157 Å². The first-order valence-electron chi connectivity index (χ1n) is 9.17.